The summed E-state index contributed by atoms with van der Waals surface area (Å²) in [6.45, 7) is 6.42. The Morgan fingerprint density at radius 2 is 1.65 bits per heavy atom. The zero-order valence-electron chi connectivity index (χ0n) is 12.2. The van der Waals surface area contributed by atoms with Gasteiger partial charge >= 0.3 is 0 Å². The zero-order chi connectivity index (χ0) is 14.7. The first-order chi connectivity index (χ1) is 9.56. The molecule has 0 amide bonds. The number of carbonyl (C=O) groups excluding carboxylic acids is 2. The maximum atomic E-state index is 12.6. The van der Waals surface area contributed by atoms with Crippen LogP contribution < -0.4 is 0 Å². The van der Waals surface area contributed by atoms with E-state index in [-0.39, 0.29) is 17.3 Å². The quantitative estimate of drug-likeness (QED) is 0.819. The van der Waals surface area contributed by atoms with Crippen molar-refractivity contribution in [2.45, 2.75) is 33.6 Å². The van der Waals surface area contributed by atoms with Gasteiger partial charge in [-0.1, -0.05) is 38.1 Å². The van der Waals surface area contributed by atoms with Gasteiger partial charge in [0.05, 0.1) is 6.61 Å². The molecule has 0 spiro atoms. The minimum absolute atomic E-state index is 0.0655. The molecule has 3 nitrogen and oxygen atoms in total. The fourth-order valence-electron chi connectivity index (χ4n) is 2.36. The van der Waals surface area contributed by atoms with E-state index in [1.807, 2.05) is 6.92 Å². The third kappa shape index (κ3) is 2.67. The summed E-state index contributed by atoms with van der Waals surface area (Å²) < 4.78 is 5.48. The first-order valence-electron chi connectivity index (χ1n) is 7.10. The molecule has 0 atom stereocenters. The van der Waals surface area contributed by atoms with Crippen LogP contribution in [0.1, 0.15) is 54.3 Å². The zero-order valence-corrected chi connectivity index (χ0v) is 12.2. The van der Waals surface area contributed by atoms with Gasteiger partial charge in [0.2, 0.25) is 5.78 Å². The number of benzene rings is 1. The first-order valence-corrected chi connectivity index (χ1v) is 7.10. The summed E-state index contributed by atoms with van der Waals surface area (Å²) in [6.07, 6.45) is 1.46. The standard InChI is InChI=1S/C17H20O3/c1-4-20-17-14(10-9-11(2)3)15(18)12-7-5-6-8-13(12)16(17)19/h5-8,11H,4,9-10H2,1-3H3. The summed E-state index contributed by atoms with van der Waals surface area (Å²) in [7, 11) is 0. The molecular weight excluding hydrogens is 252 g/mol. The molecular formula is C17H20O3. The summed E-state index contributed by atoms with van der Waals surface area (Å²) in [5.41, 5.74) is 1.48. The number of ketones is 2. The van der Waals surface area contributed by atoms with Gasteiger partial charge in [0.15, 0.2) is 11.5 Å². The van der Waals surface area contributed by atoms with Crippen molar-refractivity contribution in [3.63, 3.8) is 0 Å². The van der Waals surface area contributed by atoms with Gasteiger partial charge in [0, 0.05) is 16.7 Å². The van der Waals surface area contributed by atoms with Gasteiger partial charge in [-0.25, -0.2) is 0 Å². The fourth-order valence-corrected chi connectivity index (χ4v) is 2.36. The van der Waals surface area contributed by atoms with Gasteiger partial charge in [-0.15, -0.1) is 0 Å². The topological polar surface area (TPSA) is 43.4 Å². The summed E-state index contributed by atoms with van der Waals surface area (Å²) in [5, 5.41) is 0. The van der Waals surface area contributed by atoms with Gasteiger partial charge in [-0.05, 0) is 25.7 Å². The molecule has 0 unspecified atom stereocenters. The number of Topliss-reactive ketones (excluding diaryl/α,β-unsaturated/α-hetero) is 2. The van der Waals surface area contributed by atoms with E-state index in [1.54, 1.807) is 24.3 Å². The van der Waals surface area contributed by atoms with Crippen LogP contribution in [0.4, 0.5) is 0 Å². The maximum absolute atomic E-state index is 12.6. The van der Waals surface area contributed by atoms with Crippen LogP contribution in [-0.4, -0.2) is 18.2 Å². The molecule has 0 saturated heterocycles. The second-order valence-electron chi connectivity index (χ2n) is 5.38. The minimum atomic E-state index is -0.166. The fraction of sp³-hybridized carbons (Fsp3) is 0.412. The van der Waals surface area contributed by atoms with Crippen molar-refractivity contribution < 1.29 is 14.3 Å². The van der Waals surface area contributed by atoms with E-state index in [9.17, 15) is 9.59 Å². The van der Waals surface area contributed by atoms with Crippen LogP contribution in [0.2, 0.25) is 0 Å². The molecule has 1 aliphatic rings. The Bertz CT molecular complexity index is 567. The van der Waals surface area contributed by atoms with Gasteiger partial charge in [-0.3, -0.25) is 9.59 Å². The molecule has 0 saturated carbocycles. The van der Waals surface area contributed by atoms with Crippen molar-refractivity contribution in [3.8, 4) is 0 Å². The number of rotatable bonds is 5. The van der Waals surface area contributed by atoms with E-state index < -0.39 is 0 Å². The predicted molar refractivity (Wildman–Crippen MR) is 77.8 cm³/mol. The molecule has 0 heterocycles. The minimum Gasteiger partial charge on any atom is -0.489 e. The van der Waals surface area contributed by atoms with E-state index in [1.165, 1.54) is 0 Å². The highest BCUT2D eigenvalue weighted by atomic mass is 16.5. The van der Waals surface area contributed by atoms with E-state index in [2.05, 4.69) is 13.8 Å². The van der Waals surface area contributed by atoms with E-state index in [0.717, 1.165) is 6.42 Å². The number of fused-ring (bicyclic) bond motifs is 1. The average Bonchev–Trinajstić information content (AvgIpc) is 2.44. The van der Waals surface area contributed by atoms with E-state index in [0.29, 0.717) is 35.6 Å². The first kappa shape index (κ1) is 14.5. The van der Waals surface area contributed by atoms with Crippen molar-refractivity contribution >= 4 is 11.6 Å². The summed E-state index contributed by atoms with van der Waals surface area (Å²) in [4.78, 5) is 25.0. The summed E-state index contributed by atoms with van der Waals surface area (Å²) in [6, 6.07) is 6.96. The third-order valence-electron chi connectivity index (χ3n) is 3.43. The van der Waals surface area contributed by atoms with Crippen molar-refractivity contribution in [1.29, 1.82) is 0 Å². The summed E-state index contributed by atoms with van der Waals surface area (Å²) in [5.74, 6) is 0.493. The van der Waals surface area contributed by atoms with E-state index in [4.69, 9.17) is 4.74 Å². The molecule has 2 rings (SSSR count). The van der Waals surface area contributed by atoms with Gasteiger partial charge in [-0.2, -0.15) is 0 Å². The Morgan fingerprint density at radius 3 is 2.20 bits per heavy atom. The molecule has 3 heteroatoms. The van der Waals surface area contributed by atoms with E-state index >= 15 is 0 Å². The average molecular weight is 272 g/mol. The SMILES string of the molecule is CCOC1=C(CCC(C)C)C(=O)c2ccccc2C1=O. The number of hydrogen-bond acceptors (Lipinski definition) is 3. The molecule has 0 fully saturated rings. The van der Waals surface area contributed by atoms with Crippen LogP contribution in [-0.2, 0) is 4.74 Å². The molecule has 1 aromatic carbocycles. The molecule has 0 radical (unpaired) electrons. The number of carbonyl (C=O) groups is 2. The predicted octanol–water partition coefficient (Wildman–Crippen LogP) is 3.79. The normalized spacial score (nSPS) is 14.8. The van der Waals surface area contributed by atoms with Crippen molar-refractivity contribution in [2.24, 2.45) is 5.92 Å². The van der Waals surface area contributed by atoms with Crippen molar-refractivity contribution in [1.82, 2.24) is 0 Å². The second-order valence-corrected chi connectivity index (χ2v) is 5.38. The van der Waals surface area contributed by atoms with Crippen LogP contribution in [0.3, 0.4) is 0 Å². The molecule has 20 heavy (non-hydrogen) atoms. The Kier molecular flexibility index (Phi) is 4.38. The van der Waals surface area contributed by atoms with Crippen LogP contribution in [0.5, 0.6) is 0 Å². The largest absolute Gasteiger partial charge is 0.489 e. The van der Waals surface area contributed by atoms with Crippen molar-refractivity contribution in [3.05, 3.63) is 46.7 Å². The highest BCUT2D eigenvalue weighted by Gasteiger charge is 2.32. The van der Waals surface area contributed by atoms with Gasteiger partial charge in [0.1, 0.15) is 0 Å². The number of ether oxygens (including phenoxy) is 1. The monoisotopic (exact) mass is 272 g/mol. The van der Waals surface area contributed by atoms with Crippen molar-refractivity contribution in [2.75, 3.05) is 6.61 Å². The molecule has 0 aromatic heterocycles. The lowest BCUT2D eigenvalue weighted by atomic mass is 9.85. The highest BCUT2D eigenvalue weighted by molar-refractivity contribution is 6.26. The van der Waals surface area contributed by atoms with Gasteiger partial charge < -0.3 is 4.74 Å². The summed E-state index contributed by atoms with van der Waals surface area (Å²) >= 11 is 0. The lowest BCUT2D eigenvalue weighted by molar-refractivity contribution is 0.0876. The molecule has 0 aliphatic heterocycles. The molecule has 1 aromatic rings. The van der Waals surface area contributed by atoms with Crippen LogP contribution in [0.25, 0.3) is 0 Å². The highest BCUT2D eigenvalue weighted by Crippen LogP contribution is 2.30. The third-order valence-corrected chi connectivity index (χ3v) is 3.43. The Hall–Kier alpha value is -1.90. The van der Waals surface area contributed by atoms with Crippen LogP contribution >= 0.6 is 0 Å². The Balaban J connectivity index is 2.45. The second kappa shape index (κ2) is 6.04. The Labute approximate surface area is 119 Å². The van der Waals surface area contributed by atoms with Crippen LogP contribution in [0.15, 0.2) is 35.6 Å². The Morgan fingerprint density at radius 1 is 1.05 bits per heavy atom. The molecule has 106 valence electrons. The molecule has 0 N–H and O–H groups in total. The number of allylic oxidation sites excluding steroid dienone is 2. The van der Waals surface area contributed by atoms with Gasteiger partial charge in [0.25, 0.3) is 0 Å². The number of hydrogen-bond donors (Lipinski definition) is 0. The maximum Gasteiger partial charge on any atom is 0.228 e. The lowest BCUT2D eigenvalue weighted by Gasteiger charge is -2.21. The molecule has 0 bridgehead atoms. The van der Waals surface area contributed by atoms with Crippen LogP contribution in [0, 0.1) is 5.92 Å². The molecule has 1 aliphatic carbocycles. The lowest BCUT2D eigenvalue weighted by Crippen LogP contribution is -2.24. The smallest absolute Gasteiger partial charge is 0.228 e.